The minimum Gasteiger partial charge on any atom is -0.493 e. The van der Waals surface area contributed by atoms with Crippen molar-refractivity contribution in [3.8, 4) is 17.2 Å². The van der Waals surface area contributed by atoms with Gasteiger partial charge in [-0.2, -0.15) is 0 Å². The first-order valence-corrected chi connectivity index (χ1v) is 9.19. The van der Waals surface area contributed by atoms with Crippen LogP contribution in [0, 0.1) is 10.1 Å². The molecule has 0 bridgehead atoms. The normalized spacial score (nSPS) is 10.2. The van der Waals surface area contributed by atoms with Gasteiger partial charge in [-0.1, -0.05) is 18.2 Å². The number of anilines is 3. The van der Waals surface area contributed by atoms with Gasteiger partial charge in [0.15, 0.2) is 5.75 Å². The average Bonchev–Trinajstić information content (AvgIpc) is 2.79. The molecule has 3 rings (SSSR count). The summed E-state index contributed by atoms with van der Waals surface area (Å²) in [5.74, 6) is -0.712. The van der Waals surface area contributed by atoms with Crippen LogP contribution in [0.3, 0.4) is 0 Å². The Morgan fingerprint density at radius 2 is 1.42 bits per heavy atom. The Morgan fingerprint density at radius 3 is 1.97 bits per heavy atom. The fourth-order valence-corrected chi connectivity index (χ4v) is 3.02. The predicted octanol–water partition coefficient (Wildman–Crippen LogP) is 4.62. The van der Waals surface area contributed by atoms with Gasteiger partial charge >= 0.3 is 5.69 Å². The van der Waals surface area contributed by atoms with Crippen LogP contribution in [-0.4, -0.2) is 32.2 Å². The van der Waals surface area contributed by atoms with Gasteiger partial charge in [-0.25, -0.2) is 0 Å². The molecule has 3 aromatic rings. The standard InChI is InChI=1S/C22H21N3O6/c1-29-18-13-17(19(25(27)28)21(31-3)20(18)30-2)22(26)24-16-11-9-15(10-12-16)23-14-7-5-4-6-8-14/h4-13,23H,1-3H3,(H,24,26). The van der Waals surface area contributed by atoms with E-state index in [1.807, 2.05) is 30.3 Å². The molecule has 9 heteroatoms. The van der Waals surface area contributed by atoms with E-state index < -0.39 is 16.5 Å². The largest absolute Gasteiger partial charge is 0.493 e. The van der Waals surface area contributed by atoms with Crippen LogP contribution >= 0.6 is 0 Å². The van der Waals surface area contributed by atoms with Crippen LogP contribution in [0.1, 0.15) is 10.4 Å². The van der Waals surface area contributed by atoms with Gasteiger partial charge in [0, 0.05) is 23.1 Å². The van der Waals surface area contributed by atoms with Crippen LogP contribution in [0.5, 0.6) is 17.2 Å². The van der Waals surface area contributed by atoms with Crippen LogP contribution in [0.4, 0.5) is 22.7 Å². The number of ether oxygens (including phenoxy) is 3. The van der Waals surface area contributed by atoms with Crippen molar-refractivity contribution < 1.29 is 23.9 Å². The number of hydrogen-bond donors (Lipinski definition) is 2. The number of carbonyl (C=O) groups excluding carboxylic acids is 1. The van der Waals surface area contributed by atoms with Gasteiger partial charge in [0.05, 0.1) is 26.3 Å². The molecule has 0 aliphatic rings. The molecular formula is C22H21N3O6. The molecule has 9 nitrogen and oxygen atoms in total. The molecule has 3 aromatic carbocycles. The third-order valence-corrected chi connectivity index (χ3v) is 4.44. The van der Waals surface area contributed by atoms with Crippen LogP contribution in [0.15, 0.2) is 60.7 Å². The van der Waals surface area contributed by atoms with Crippen LogP contribution in [-0.2, 0) is 0 Å². The van der Waals surface area contributed by atoms with Crippen LogP contribution < -0.4 is 24.8 Å². The number of nitrogens with one attached hydrogen (secondary N) is 2. The fourth-order valence-electron chi connectivity index (χ4n) is 3.02. The summed E-state index contributed by atoms with van der Waals surface area (Å²) in [6.45, 7) is 0. The Labute approximate surface area is 178 Å². The van der Waals surface area contributed by atoms with Crippen LogP contribution in [0.25, 0.3) is 0 Å². The smallest absolute Gasteiger partial charge is 0.327 e. The van der Waals surface area contributed by atoms with E-state index in [0.717, 1.165) is 11.4 Å². The first kappa shape index (κ1) is 21.4. The molecule has 31 heavy (non-hydrogen) atoms. The van der Waals surface area contributed by atoms with Crippen molar-refractivity contribution >= 4 is 28.7 Å². The van der Waals surface area contributed by atoms with E-state index in [0.29, 0.717) is 5.69 Å². The fraction of sp³-hybridized carbons (Fsp3) is 0.136. The summed E-state index contributed by atoms with van der Waals surface area (Å²) in [5, 5.41) is 17.6. The monoisotopic (exact) mass is 423 g/mol. The SMILES string of the molecule is COc1cc(C(=O)Nc2ccc(Nc3ccccc3)cc2)c([N+](=O)[O-])c(OC)c1OC. The van der Waals surface area contributed by atoms with Crippen LogP contribution in [0.2, 0.25) is 0 Å². The van der Waals surface area contributed by atoms with E-state index in [2.05, 4.69) is 10.6 Å². The maximum absolute atomic E-state index is 12.9. The Balaban J connectivity index is 1.88. The molecule has 0 radical (unpaired) electrons. The lowest BCUT2D eigenvalue weighted by Gasteiger charge is -2.15. The second-order valence-electron chi connectivity index (χ2n) is 6.32. The van der Waals surface area contributed by atoms with E-state index in [9.17, 15) is 14.9 Å². The maximum atomic E-state index is 12.9. The zero-order chi connectivity index (χ0) is 22.4. The molecule has 0 aliphatic heterocycles. The third kappa shape index (κ3) is 4.67. The number of para-hydroxylation sites is 1. The number of carbonyl (C=O) groups is 1. The second-order valence-corrected chi connectivity index (χ2v) is 6.32. The summed E-state index contributed by atoms with van der Waals surface area (Å²) in [5.41, 5.74) is 1.48. The van der Waals surface area contributed by atoms with Crippen molar-refractivity contribution in [2.45, 2.75) is 0 Å². The zero-order valence-corrected chi connectivity index (χ0v) is 17.2. The lowest BCUT2D eigenvalue weighted by atomic mass is 10.1. The molecule has 0 aromatic heterocycles. The van der Waals surface area contributed by atoms with Crippen molar-refractivity contribution in [3.05, 3.63) is 76.3 Å². The molecule has 0 saturated carbocycles. The molecule has 1 amide bonds. The Morgan fingerprint density at radius 1 is 0.839 bits per heavy atom. The van der Waals surface area contributed by atoms with Gasteiger partial charge in [-0.15, -0.1) is 0 Å². The second kappa shape index (κ2) is 9.49. The Bertz CT molecular complexity index is 1080. The van der Waals surface area contributed by atoms with Gasteiger partial charge in [0.2, 0.25) is 11.5 Å². The quantitative estimate of drug-likeness (QED) is 0.402. The Hall–Kier alpha value is -4.27. The minimum atomic E-state index is -0.692. The van der Waals surface area contributed by atoms with E-state index >= 15 is 0 Å². The number of nitro benzene ring substituents is 1. The van der Waals surface area contributed by atoms with Crippen molar-refractivity contribution in [3.63, 3.8) is 0 Å². The van der Waals surface area contributed by atoms with E-state index in [1.54, 1.807) is 24.3 Å². The maximum Gasteiger partial charge on any atom is 0.327 e. The summed E-state index contributed by atoms with van der Waals surface area (Å²) in [4.78, 5) is 23.9. The van der Waals surface area contributed by atoms with E-state index in [1.165, 1.54) is 27.4 Å². The first-order valence-electron chi connectivity index (χ1n) is 9.19. The summed E-state index contributed by atoms with van der Waals surface area (Å²) < 4.78 is 15.5. The zero-order valence-electron chi connectivity index (χ0n) is 17.2. The van der Waals surface area contributed by atoms with Crippen molar-refractivity contribution in [2.75, 3.05) is 32.0 Å². The van der Waals surface area contributed by atoms with Gasteiger partial charge in [-0.3, -0.25) is 14.9 Å². The molecule has 0 aliphatic carbocycles. The first-order chi connectivity index (χ1) is 15.0. The Kier molecular flexibility index (Phi) is 6.56. The van der Waals surface area contributed by atoms with Gasteiger partial charge < -0.3 is 24.8 Å². The molecule has 2 N–H and O–H groups in total. The molecule has 0 saturated heterocycles. The van der Waals surface area contributed by atoms with Gasteiger partial charge in [0.25, 0.3) is 5.91 Å². The minimum absolute atomic E-state index is 0.0320. The summed E-state index contributed by atoms with van der Waals surface area (Å²) in [6, 6.07) is 17.8. The van der Waals surface area contributed by atoms with Crippen molar-refractivity contribution in [2.24, 2.45) is 0 Å². The highest BCUT2D eigenvalue weighted by atomic mass is 16.6. The average molecular weight is 423 g/mol. The highest BCUT2D eigenvalue weighted by molar-refractivity contribution is 6.08. The molecule has 0 fully saturated rings. The van der Waals surface area contributed by atoms with Crippen molar-refractivity contribution in [1.82, 2.24) is 0 Å². The number of amides is 1. The number of hydrogen-bond acceptors (Lipinski definition) is 7. The molecule has 0 spiro atoms. The number of benzene rings is 3. The molecular weight excluding hydrogens is 402 g/mol. The van der Waals surface area contributed by atoms with Gasteiger partial charge in [0.1, 0.15) is 5.56 Å². The number of rotatable bonds is 8. The van der Waals surface area contributed by atoms with Gasteiger partial charge in [-0.05, 0) is 36.4 Å². The third-order valence-electron chi connectivity index (χ3n) is 4.44. The molecule has 0 heterocycles. The highest BCUT2D eigenvalue weighted by Crippen LogP contribution is 2.46. The number of nitrogens with zero attached hydrogens (tertiary/aromatic N) is 1. The molecule has 0 unspecified atom stereocenters. The lowest BCUT2D eigenvalue weighted by molar-refractivity contribution is -0.386. The van der Waals surface area contributed by atoms with Crippen molar-refractivity contribution in [1.29, 1.82) is 0 Å². The van der Waals surface area contributed by atoms with E-state index in [-0.39, 0.29) is 22.8 Å². The predicted molar refractivity (Wildman–Crippen MR) is 117 cm³/mol. The summed E-state index contributed by atoms with van der Waals surface area (Å²) >= 11 is 0. The summed E-state index contributed by atoms with van der Waals surface area (Å²) in [6.07, 6.45) is 0. The lowest BCUT2D eigenvalue weighted by Crippen LogP contribution is -2.15. The number of nitro groups is 1. The van der Waals surface area contributed by atoms with E-state index in [4.69, 9.17) is 14.2 Å². The molecule has 0 atom stereocenters. The molecule has 160 valence electrons. The summed E-state index contributed by atoms with van der Waals surface area (Å²) in [7, 11) is 3.95. The topological polar surface area (TPSA) is 112 Å². The highest BCUT2D eigenvalue weighted by Gasteiger charge is 2.32. The number of methoxy groups -OCH3 is 3.